The summed E-state index contributed by atoms with van der Waals surface area (Å²) in [6.45, 7) is 4.49. The van der Waals surface area contributed by atoms with Crippen LogP contribution in [0.15, 0.2) is 67.3 Å². The van der Waals surface area contributed by atoms with Gasteiger partial charge >= 0.3 is 0 Å². The Bertz CT molecular complexity index is 760. The van der Waals surface area contributed by atoms with Crippen molar-refractivity contribution in [3.05, 3.63) is 77.3 Å². The van der Waals surface area contributed by atoms with Gasteiger partial charge in [0.05, 0.1) is 12.5 Å². The van der Waals surface area contributed by atoms with Gasteiger partial charge in [-0.05, 0) is 36.8 Å². The number of amides is 2. The molecule has 29 heavy (non-hydrogen) atoms. The number of rotatable bonds is 4. The second kappa shape index (κ2) is 14.6. The standard InChI is InChI=1S/C12H13ClN2O2.C6H5Cl.C4H8O/c13-9-2-1-3-10(6-9)15-12(17)8-4-5-11(16)14-7-8;7-6-4-2-1-3-5-6;1-3-4-5-2/h1-3,6,8H,4-5,7H2,(H,14,16)(H,15,17);1-5H;3H,1,4H2,2H3. The highest BCUT2D eigenvalue weighted by Crippen LogP contribution is 2.18. The SMILES string of the molecule is C=CCOC.Clc1ccccc1.O=C1CCC(C(=O)Nc2cccc(Cl)c2)CN1. The number of methoxy groups -OCH3 is 1. The number of ether oxygens (including phenoxy) is 1. The molecule has 2 N–H and O–H groups in total. The minimum Gasteiger partial charge on any atom is -0.381 e. The van der Waals surface area contributed by atoms with Gasteiger partial charge in [-0.3, -0.25) is 9.59 Å². The van der Waals surface area contributed by atoms with Crippen molar-refractivity contribution in [2.75, 3.05) is 25.6 Å². The molecule has 156 valence electrons. The highest BCUT2D eigenvalue weighted by atomic mass is 35.5. The van der Waals surface area contributed by atoms with E-state index in [1.807, 2.05) is 30.3 Å². The van der Waals surface area contributed by atoms with Crippen molar-refractivity contribution < 1.29 is 14.3 Å². The van der Waals surface area contributed by atoms with Gasteiger partial charge < -0.3 is 15.4 Å². The van der Waals surface area contributed by atoms with E-state index in [-0.39, 0.29) is 17.7 Å². The molecule has 0 aromatic heterocycles. The first kappa shape index (κ1) is 24.7. The molecule has 1 heterocycles. The van der Waals surface area contributed by atoms with Gasteiger partial charge in [0.15, 0.2) is 0 Å². The lowest BCUT2D eigenvalue weighted by atomic mass is 9.98. The molecular formula is C22H26Cl2N2O3. The molecule has 2 aromatic carbocycles. The molecule has 1 atom stereocenters. The monoisotopic (exact) mass is 436 g/mol. The molecule has 0 bridgehead atoms. The first-order valence-corrected chi connectivity index (χ1v) is 9.85. The molecule has 1 fully saturated rings. The van der Waals surface area contributed by atoms with Gasteiger partial charge in [0, 0.05) is 35.8 Å². The molecule has 0 radical (unpaired) electrons. The van der Waals surface area contributed by atoms with Crippen LogP contribution in [0.2, 0.25) is 10.0 Å². The largest absolute Gasteiger partial charge is 0.381 e. The smallest absolute Gasteiger partial charge is 0.229 e. The maximum absolute atomic E-state index is 11.9. The molecule has 2 aromatic rings. The maximum Gasteiger partial charge on any atom is 0.229 e. The highest BCUT2D eigenvalue weighted by Gasteiger charge is 2.24. The van der Waals surface area contributed by atoms with Crippen molar-refractivity contribution >= 4 is 40.7 Å². The predicted molar refractivity (Wildman–Crippen MR) is 119 cm³/mol. The van der Waals surface area contributed by atoms with Crippen LogP contribution in [0.3, 0.4) is 0 Å². The van der Waals surface area contributed by atoms with Crippen molar-refractivity contribution in [1.29, 1.82) is 0 Å². The fourth-order valence-corrected chi connectivity index (χ4v) is 2.64. The molecule has 3 rings (SSSR count). The molecule has 1 unspecified atom stereocenters. The summed E-state index contributed by atoms with van der Waals surface area (Å²) in [6, 6.07) is 16.4. The van der Waals surface area contributed by atoms with E-state index in [4.69, 9.17) is 23.2 Å². The molecule has 5 nitrogen and oxygen atoms in total. The molecule has 2 amide bonds. The molecule has 0 aliphatic carbocycles. The summed E-state index contributed by atoms with van der Waals surface area (Å²) in [7, 11) is 1.64. The van der Waals surface area contributed by atoms with Crippen molar-refractivity contribution in [1.82, 2.24) is 5.32 Å². The second-order valence-electron chi connectivity index (χ2n) is 6.08. The quantitative estimate of drug-likeness (QED) is 0.665. The van der Waals surface area contributed by atoms with Crippen LogP contribution >= 0.6 is 23.2 Å². The van der Waals surface area contributed by atoms with Crippen molar-refractivity contribution in [2.45, 2.75) is 12.8 Å². The van der Waals surface area contributed by atoms with Gasteiger partial charge in [0.1, 0.15) is 0 Å². The third-order valence-electron chi connectivity index (χ3n) is 3.75. The van der Waals surface area contributed by atoms with Gasteiger partial charge in [0.25, 0.3) is 0 Å². The van der Waals surface area contributed by atoms with Gasteiger partial charge in [-0.2, -0.15) is 0 Å². The van der Waals surface area contributed by atoms with Crippen molar-refractivity contribution in [3.63, 3.8) is 0 Å². The average Bonchev–Trinajstić information content (AvgIpc) is 2.71. The van der Waals surface area contributed by atoms with Crippen LogP contribution < -0.4 is 10.6 Å². The van der Waals surface area contributed by atoms with Gasteiger partial charge in [-0.25, -0.2) is 0 Å². The number of carbonyl (C=O) groups excluding carboxylic acids is 2. The van der Waals surface area contributed by atoms with Crippen LogP contribution in [0.4, 0.5) is 5.69 Å². The minimum absolute atomic E-state index is 0.0109. The van der Waals surface area contributed by atoms with Gasteiger partial charge in [-0.1, -0.05) is 53.5 Å². The number of anilines is 1. The Morgan fingerprint density at radius 3 is 2.34 bits per heavy atom. The number of halogens is 2. The lowest BCUT2D eigenvalue weighted by Gasteiger charge is -2.21. The molecular weight excluding hydrogens is 411 g/mol. The summed E-state index contributed by atoms with van der Waals surface area (Å²) < 4.78 is 4.57. The maximum atomic E-state index is 11.9. The first-order valence-electron chi connectivity index (χ1n) is 9.09. The van der Waals surface area contributed by atoms with Crippen LogP contribution in [-0.4, -0.2) is 32.1 Å². The second-order valence-corrected chi connectivity index (χ2v) is 6.95. The normalized spacial score (nSPS) is 14.9. The van der Waals surface area contributed by atoms with E-state index in [2.05, 4.69) is 21.9 Å². The van der Waals surface area contributed by atoms with Crippen LogP contribution in [0.5, 0.6) is 0 Å². The molecule has 0 spiro atoms. The number of nitrogens with one attached hydrogen (secondary N) is 2. The molecule has 7 heteroatoms. The third-order valence-corrected chi connectivity index (χ3v) is 4.23. The lowest BCUT2D eigenvalue weighted by Crippen LogP contribution is -2.40. The Kier molecular flexibility index (Phi) is 12.5. The van der Waals surface area contributed by atoms with Crippen molar-refractivity contribution in [2.24, 2.45) is 5.92 Å². The Morgan fingerprint density at radius 2 is 1.90 bits per heavy atom. The molecule has 1 aliphatic heterocycles. The number of benzene rings is 2. The average molecular weight is 437 g/mol. The van der Waals surface area contributed by atoms with Crippen LogP contribution in [0.1, 0.15) is 12.8 Å². The van der Waals surface area contributed by atoms with E-state index in [0.717, 1.165) is 5.02 Å². The third kappa shape index (κ3) is 11.3. The molecule has 1 aliphatic rings. The fourth-order valence-electron chi connectivity index (χ4n) is 2.30. The Morgan fingerprint density at radius 1 is 1.21 bits per heavy atom. The zero-order valence-corrected chi connectivity index (χ0v) is 17.9. The fraction of sp³-hybridized carbons (Fsp3) is 0.273. The van der Waals surface area contributed by atoms with Crippen LogP contribution in [-0.2, 0) is 14.3 Å². The minimum atomic E-state index is -0.160. The summed E-state index contributed by atoms with van der Waals surface area (Å²) in [6.07, 6.45) is 2.71. The first-order chi connectivity index (χ1) is 14.0. The summed E-state index contributed by atoms with van der Waals surface area (Å²) >= 11 is 11.4. The summed E-state index contributed by atoms with van der Waals surface area (Å²) in [5.74, 6) is -0.226. The molecule has 1 saturated heterocycles. The lowest BCUT2D eigenvalue weighted by molar-refractivity contribution is -0.126. The van der Waals surface area contributed by atoms with E-state index in [1.54, 1.807) is 37.5 Å². The number of hydrogen-bond acceptors (Lipinski definition) is 3. The number of piperidine rings is 1. The summed E-state index contributed by atoms with van der Waals surface area (Å²) in [5, 5.41) is 6.85. The van der Waals surface area contributed by atoms with E-state index in [9.17, 15) is 9.59 Å². The summed E-state index contributed by atoms with van der Waals surface area (Å²) in [4.78, 5) is 22.9. The van der Waals surface area contributed by atoms with E-state index in [1.165, 1.54) is 0 Å². The van der Waals surface area contributed by atoms with Crippen molar-refractivity contribution in [3.8, 4) is 0 Å². The van der Waals surface area contributed by atoms with Gasteiger partial charge in [-0.15, -0.1) is 6.58 Å². The Hall–Kier alpha value is -2.34. The van der Waals surface area contributed by atoms with E-state index >= 15 is 0 Å². The predicted octanol–water partition coefficient (Wildman–Crippen LogP) is 4.96. The van der Waals surface area contributed by atoms with E-state index in [0.29, 0.717) is 36.7 Å². The van der Waals surface area contributed by atoms with Crippen LogP contribution in [0.25, 0.3) is 0 Å². The highest BCUT2D eigenvalue weighted by molar-refractivity contribution is 6.31. The Labute approximate surface area is 182 Å². The molecule has 0 saturated carbocycles. The summed E-state index contributed by atoms with van der Waals surface area (Å²) in [5.41, 5.74) is 0.680. The number of carbonyl (C=O) groups is 2. The zero-order valence-electron chi connectivity index (χ0n) is 16.4. The number of hydrogen-bond donors (Lipinski definition) is 2. The van der Waals surface area contributed by atoms with E-state index < -0.39 is 0 Å². The topological polar surface area (TPSA) is 67.4 Å². The van der Waals surface area contributed by atoms with Gasteiger partial charge in [0.2, 0.25) is 11.8 Å². The van der Waals surface area contributed by atoms with Crippen LogP contribution in [0, 0.1) is 5.92 Å². The Balaban J connectivity index is 0.000000288. The zero-order chi connectivity index (χ0) is 21.5.